The Morgan fingerprint density at radius 3 is 2.59 bits per heavy atom. The van der Waals surface area contributed by atoms with Crippen LogP contribution in [0.15, 0.2) is 48.5 Å². The van der Waals surface area contributed by atoms with Gasteiger partial charge < -0.3 is 15.2 Å². The quantitative estimate of drug-likeness (QED) is 0.858. The molecule has 1 heterocycles. The topological polar surface area (TPSA) is 47.7 Å². The maximum absolute atomic E-state index is 12.6. The fourth-order valence-corrected chi connectivity index (χ4v) is 4.27. The van der Waals surface area contributed by atoms with Gasteiger partial charge in [0.05, 0.1) is 13.2 Å². The van der Waals surface area contributed by atoms with Crippen molar-refractivity contribution in [3.8, 4) is 11.5 Å². The van der Waals surface area contributed by atoms with Crippen LogP contribution in [0.5, 0.6) is 11.5 Å². The Bertz CT molecular complexity index is 828. The molecule has 1 saturated carbocycles. The molecule has 4 nitrogen and oxygen atoms in total. The summed E-state index contributed by atoms with van der Waals surface area (Å²) >= 11 is 0. The average Bonchev–Trinajstić information content (AvgIpc) is 3.16. The fourth-order valence-electron chi connectivity index (χ4n) is 4.27. The van der Waals surface area contributed by atoms with Crippen LogP contribution in [0.3, 0.4) is 0 Å². The van der Waals surface area contributed by atoms with E-state index in [2.05, 4.69) is 9.64 Å². The van der Waals surface area contributed by atoms with E-state index in [9.17, 15) is 13.2 Å². The van der Waals surface area contributed by atoms with E-state index in [0.29, 0.717) is 23.8 Å². The number of methoxy groups -OCH3 is 1. The monoisotopic (exact) mass is 378 g/mol. The van der Waals surface area contributed by atoms with Crippen molar-refractivity contribution in [2.45, 2.75) is 30.9 Å². The highest BCUT2D eigenvalue weighted by Crippen LogP contribution is 2.58. The van der Waals surface area contributed by atoms with Crippen molar-refractivity contribution >= 4 is 0 Å². The van der Waals surface area contributed by atoms with Gasteiger partial charge in [-0.15, -0.1) is 13.2 Å². The van der Waals surface area contributed by atoms with Crippen LogP contribution in [0, 0.1) is 5.92 Å². The van der Waals surface area contributed by atoms with Crippen LogP contribution in [0.1, 0.15) is 23.6 Å². The normalized spacial score (nSPS) is 27.3. The number of hydrogen-bond acceptors (Lipinski definition) is 4. The van der Waals surface area contributed by atoms with E-state index in [-0.39, 0.29) is 17.3 Å². The first-order valence-corrected chi connectivity index (χ1v) is 8.81. The molecule has 0 unspecified atom stereocenters. The number of nitrogens with two attached hydrogens (primary N) is 1. The first kappa shape index (κ1) is 18.1. The van der Waals surface area contributed by atoms with Crippen molar-refractivity contribution in [3.63, 3.8) is 0 Å². The van der Waals surface area contributed by atoms with Gasteiger partial charge in [-0.05, 0) is 36.1 Å². The van der Waals surface area contributed by atoms with Crippen LogP contribution in [0.25, 0.3) is 0 Å². The third kappa shape index (κ3) is 3.49. The number of likely N-dealkylation sites (tertiary alicyclic amines) is 1. The van der Waals surface area contributed by atoms with Gasteiger partial charge in [0.25, 0.3) is 0 Å². The van der Waals surface area contributed by atoms with E-state index in [1.54, 1.807) is 0 Å². The molecule has 2 aliphatic rings. The van der Waals surface area contributed by atoms with Gasteiger partial charge in [0.2, 0.25) is 0 Å². The van der Waals surface area contributed by atoms with E-state index in [1.165, 1.54) is 25.3 Å². The van der Waals surface area contributed by atoms with Crippen LogP contribution in [0.2, 0.25) is 0 Å². The Kier molecular flexibility index (Phi) is 4.31. The molecule has 0 bridgehead atoms. The number of halogens is 3. The van der Waals surface area contributed by atoms with Gasteiger partial charge >= 0.3 is 6.36 Å². The Morgan fingerprint density at radius 1 is 1.19 bits per heavy atom. The molecule has 1 saturated heterocycles. The lowest BCUT2D eigenvalue weighted by molar-refractivity contribution is -0.274. The van der Waals surface area contributed by atoms with Gasteiger partial charge in [-0.1, -0.05) is 30.3 Å². The number of benzene rings is 2. The number of fused-ring (bicyclic) bond motifs is 1. The predicted molar refractivity (Wildman–Crippen MR) is 94.3 cm³/mol. The SMILES string of the molecule is COc1ccc(OC(F)(F)F)cc1CN1C[C@H]2C[C@@]2(N)[C@@H]1c1ccccc1. The first-order valence-electron chi connectivity index (χ1n) is 8.81. The lowest BCUT2D eigenvalue weighted by atomic mass is 9.97. The molecule has 2 aromatic rings. The molecule has 27 heavy (non-hydrogen) atoms. The van der Waals surface area contributed by atoms with Crippen molar-refractivity contribution in [1.29, 1.82) is 0 Å². The summed E-state index contributed by atoms with van der Waals surface area (Å²) in [7, 11) is 1.50. The summed E-state index contributed by atoms with van der Waals surface area (Å²) in [6.07, 6.45) is -3.76. The van der Waals surface area contributed by atoms with Gasteiger partial charge in [-0.3, -0.25) is 4.90 Å². The summed E-state index contributed by atoms with van der Waals surface area (Å²) in [6, 6.07) is 14.2. The average molecular weight is 378 g/mol. The minimum Gasteiger partial charge on any atom is -0.496 e. The van der Waals surface area contributed by atoms with E-state index < -0.39 is 6.36 Å². The summed E-state index contributed by atoms with van der Waals surface area (Å²) in [5, 5.41) is 0. The van der Waals surface area contributed by atoms with Crippen molar-refractivity contribution < 1.29 is 22.6 Å². The van der Waals surface area contributed by atoms with Gasteiger partial charge in [0.15, 0.2) is 0 Å². The molecule has 1 aliphatic carbocycles. The summed E-state index contributed by atoms with van der Waals surface area (Å²) in [4.78, 5) is 2.22. The lowest BCUT2D eigenvalue weighted by Crippen LogP contribution is -2.37. The smallest absolute Gasteiger partial charge is 0.496 e. The maximum Gasteiger partial charge on any atom is 0.573 e. The maximum atomic E-state index is 12.6. The minimum absolute atomic E-state index is 0.0283. The highest BCUT2D eigenvalue weighted by Gasteiger charge is 2.63. The molecule has 0 radical (unpaired) electrons. The first-order chi connectivity index (χ1) is 12.8. The Morgan fingerprint density at radius 2 is 1.93 bits per heavy atom. The van der Waals surface area contributed by atoms with Crippen molar-refractivity contribution in [2.75, 3.05) is 13.7 Å². The summed E-state index contributed by atoms with van der Waals surface area (Å²) in [5.41, 5.74) is 8.11. The second kappa shape index (κ2) is 6.42. The molecule has 0 aromatic heterocycles. The molecule has 7 heteroatoms. The van der Waals surface area contributed by atoms with Gasteiger partial charge in [0, 0.05) is 24.2 Å². The van der Waals surface area contributed by atoms with Gasteiger partial charge in [-0.2, -0.15) is 0 Å². The van der Waals surface area contributed by atoms with Crippen LogP contribution in [0.4, 0.5) is 13.2 Å². The second-order valence-corrected chi connectivity index (χ2v) is 7.28. The molecule has 3 atom stereocenters. The number of rotatable bonds is 5. The zero-order valence-corrected chi connectivity index (χ0v) is 14.9. The van der Waals surface area contributed by atoms with E-state index in [4.69, 9.17) is 10.5 Å². The van der Waals surface area contributed by atoms with Crippen LogP contribution >= 0.6 is 0 Å². The highest BCUT2D eigenvalue weighted by molar-refractivity contribution is 5.41. The summed E-state index contributed by atoms with van der Waals surface area (Å²) in [6.45, 7) is 1.25. The molecular weight excluding hydrogens is 357 g/mol. The van der Waals surface area contributed by atoms with Gasteiger partial charge in [-0.25, -0.2) is 0 Å². The second-order valence-electron chi connectivity index (χ2n) is 7.28. The van der Waals surface area contributed by atoms with E-state index >= 15 is 0 Å². The van der Waals surface area contributed by atoms with Crippen molar-refractivity contribution in [1.82, 2.24) is 4.90 Å². The van der Waals surface area contributed by atoms with Crippen molar-refractivity contribution in [3.05, 3.63) is 59.7 Å². The fraction of sp³-hybridized carbons (Fsp3) is 0.400. The standard InChI is InChI=1S/C20H21F3N2O2/c1-26-17-8-7-16(27-20(21,22)23)9-14(17)11-25-12-15-10-19(15,24)18(25)13-5-3-2-4-6-13/h2-9,15,18H,10-12,24H2,1H3/t15-,18+,19+/m1/s1. The number of nitrogens with zero attached hydrogens (tertiary/aromatic N) is 1. The third-order valence-corrected chi connectivity index (χ3v) is 5.50. The van der Waals surface area contributed by atoms with Crippen LogP contribution < -0.4 is 15.2 Å². The summed E-state index contributed by atoms with van der Waals surface area (Å²) in [5.74, 6) is 0.688. The zero-order valence-electron chi connectivity index (χ0n) is 14.9. The Balaban J connectivity index is 1.62. The molecule has 0 spiro atoms. The van der Waals surface area contributed by atoms with Crippen LogP contribution in [-0.2, 0) is 6.54 Å². The molecule has 2 N–H and O–H groups in total. The largest absolute Gasteiger partial charge is 0.573 e. The number of piperidine rings is 1. The Labute approximate surface area is 155 Å². The summed E-state index contributed by atoms with van der Waals surface area (Å²) < 4.78 is 47.1. The highest BCUT2D eigenvalue weighted by atomic mass is 19.4. The number of hydrogen-bond donors (Lipinski definition) is 1. The molecular formula is C20H21F3N2O2. The molecule has 1 aliphatic heterocycles. The van der Waals surface area contributed by atoms with E-state index in [1.807, 2.05) is 30.3 Å². The zero-order chi connectivity index (χ0) is 19.2. The third-order valence-electron chi connectivity index (χ3n) is 5.50. The molecule has 144 valence electrons. The van der Waals surface area contributed by atoms with Crippen molar-refractivity contribution in [2.24, 2.45) is 11.7 Å². The molecule has 2 fully saturated rings. The molecule has 4 rings (SSSR count). The predicted octanol–water partition coefficient (Wildman–Crippen LogP) is 3.87. The van der Waals surface area contributed by atoms with Crippen LogP contribution in [-0.4, -0.2) is 30.5 Å². The minimum atomic E-state index is -4.73. The Hall–Kier alpha value is -2.25. The lowest BCUT2D eigenvalue weighted by Gasteiger charge is -2.31. The molecule has 2 aromatic carbocycles. The van der Waals surface area contributed by atoms with E-state index in [0.717, 1.165) is 18.5 Å². The number of alkyl halides is 3. The van der Waals surface area contributed by atoms with Gasteiger partial charge in [0.1, 0.15) is 11.5 Å². The molecule has 0 amide bonds. The number of ether oxygens (including phenoxy) is 2.